The Hall–Kier alpha value is -4.18. The van der Waals surface area contributed by atoms with Crippen molar-refractivity contribution in [2.24, 2.45) is 4.99 Å². The van der Waals surface area contributed by atoms with Gasteiger partial charge >= 0.3 is 0 Å². The number of pyridine rings is 1. The molecule has 1 aromatic heterocycles. The zero-order valence-electron chi connectivity index (χ0n) is 23.7. The van der Waals surface area contributed by atoms with Gasteiger partial charge in [0.05, 0.1) is 17.4 Å². The van der Waals surface area contributed by atoms with Gasteiger partial charge in [0.2, 0.25) is 0 Å². The lowest BCUT2D eigenvalue weighted by Crippen LogP contribution is -2.29. The van der Waals surface area contributed by atoms with Crippen molar-refractivity contribution in [3.8, 4) is 0 Å². The SMILES string of the molecule is C=CC1=NC(CC(=C)N(C)c2ccc(C)nc2Nc2ccccc2)C(CCC(=C)C=C(C)C)c2ccccc21. The molecule has 2 atom stereocenters. The molecule has 4 heteroatoms. The predicted octanol–water partition coefficient (Wildman–Crippen LogP) is 8.92. The van der Waals surface area contributed by atoms with Crippen LogP contribution in [0.15, 0.2) is 120 Å². The minimum absolute atomic E-state index is 0.0475. The van der Waals surface area contributed by atoms with Crippen LogP contribution in [0.1, 0.15) is 55.8 Å². The van der Waals surface area contributed by atoms with Gasteiger partial charge in [-0.15, -0.1) is 0 Å². The number of fused-ring (bicyclic) bond motifs is 1. The Balaban J connectivity index is 1.61. The first-order valence-electron chi connectivity index (χ1n) is 13.6. The smallest absolute Gasteiger partial charge is 0.154 e. The molecule has 3 aromatic rings. The Labute approximate surface area is 234 Å². The number of allylic oxidation sites excluding steroid dienone is 4. The van der Waals surface area contributed by atoms with E-state index < -0.39 is 0 Å². The predicted molar refractivity (Wildman–Crippen MR) is 168 cm³/mol. The van der Waals surface area contributed by atoms with Crippen LogP contribution in [-0.2, 0) is 0 Å². The van der Waals surface area contributed by atoms with Crippen molar-refractivity contribution in [3.05, 3.63) is 132 Å². The quantitative estimate of drug-likeness (QED) is 0.259. The Morgan fingerprint density at radius 3 is 2.44 bits per heavy atom. The maximum Gasteiger partial charge on any atom is 0.154 e. The molecule has 4 nitrogen and oxygen atoms in total. The molecule has 0 aliphatic carbocycles. The van der Waals surface area contributed by atoms with Crippen molar-refractivity contribution in [1.82, 2.24) is 4.98 Å². The van der Waals surface area contributed by atoms with E-state index in [1.165, 1.54) is 16.7 Å². The average Bonchev–Trinajstić information content (AvgIpc) is 2.92. The van der Waals surface area contributed by atoms with Gasteiger partial charge in [0.25, 0.3) is 0 Å². The third kappa shape index (κ3) is 6.83. The van der Waals surface area contributed by atoms with E-state index in [-0.39, 0.29) is 12.0 Å². The number of anilines is 3. The zero-order chi connectivity index (χ0) is 27.9. The van der Waals surface area contributed by atoms with E-state index in [2.05, 4.69) is 87.3 Å². The second-order valence-corrected chi connectivity index (χ2v) is 10.5. The first-order valence-corrected chi connectivity index (χ1v) is 13.6. The van der Waals surface area contributed by atoms with Crippen molar-refractivity contribution in [2.75, 3.05) is 17.3 Å². The van der Waals surface area contributed by atoms with Gasteiger partial charge in [0.1, 0.15) is 0 Å². The van der Waals surface area contributed by atoms with Crippen LogP contribution < -0.4 is 10.2 Å². The fraction of sp³-hybridized carbons (Fsp3) is 0.257. The first-order chi connectivity index (χ1) is 18.8. The summed E-state index contributed by atoms with van der Waals surface area (Å²) in [4.78, 5) is 12.2. The summed E-state index contributed by atoms with van der Waals surface area (Å²) in [5, 5.41) is 3.49. The van der Waals surface area contributed by atoms with Gasteiger partial charge in [-0.1, -0.05) is 79.4 Å². The topological polar surface area (TPSA) is 40.5 Å². The van der Waals surface area contributed by atoms with Crippen molar-refractivity contribution >= 4 is 22.9 Å². The molecule has 0 amide bonds. The Morgan fingerprint density at radius 1 is 1.00 bits per heavy atom. The summed E-state index contributed by atoms with van der Waals surface area (Å²) < 4.78 is 0. The van der Waals surface area contributed by atoms with E-state index >= 15 is 0 Å². The van der Waals surface area contributed by atoms with Gasteiger partial charge in [-0.05, 0) is 69.5 Å². The van der Waals surface area contributed by atoms with Crippen LogP contribution in [0.4, 0.5) is 17.2 Å². The van der Waals surface area contributed by atoms with Crippen molar-refractivity contribution in [2.45, 2.75) is 52.0 Å². The van der Waals surface area contributed by atoms with Gasteiger partial charge in [0.15, 0.2) is 5.82 Å². The van der Waals surface area contributed by atoms with Crippen LogP contribution in [0.3, 0.4) is 0 Å². The van der Waals surface area contributed by atoms with Crippen LogP contribution in [0.2, 0.25) is 0 Å². The molecule has 4 rings (SSSR count). The standard InChI is InChI=1S/C35H40N4/c1-8-32-30-17-13-12-16-29(30)31(20-18-25(4)22-24(2)3)33(38-32)23-27(6)39(7)34-21-19-26(5)36-35(34)37-28-14-10-9-11-15-28/h8-17,19,21-22,31,33H,1,4,6,18,20,23H2,2-3,5,7H3,(H,36,37). The highest BCUT2D eigenvalue weighted by molar-refractivity contribution is 6.10. The number of hydrogen-bond acceptors (Lipinski definition) is 4. The molecular formula is C35H40N4. The number of benzene rings is 2. The normalized spacial score (nSPS) is 15.9. The van der Waals surface area contributed by atoms with Gasteiger partial charge in [-0.25, -0.2) is 4.98 Å². The van der Waals surface area contributed by atoms with Crippen molar-refractivity contribution in [3.63, 3.8) is 0 Å². The van der Waals surface area contributed by atoms with Crippen LogP contribution in [0.25, 0.3) is 0 Å². The third-order valence-electron chi connectivity index (χ3n) is 7.20. The molecule has 2 aromatic carbocycles. The van der Waals surface area contributed by atoms with Crippen LogP contribution >= 0.6 is 0 Å². The number of aromatic nitrogens is 1. The average molecular weight is 517 g/mol. The van der Waals surface area contributed by atoms with Gasteiger partial charge in [0, 0.05) is 42.0 Å². The highest BCUT2D eigenvalue weighted by Gasteiger charge is 2.31. The molecular weight excluding hydrogens is 476 g/mol. The summed E-state index contributed by atoms with van der Waals surface area (Å²) in [5.41, 5.74) is 9.81. The van der Waals surface area contributed by atoms with Crippen LogP contribution in [-0.4, -0.2) is 23.8 Å². The molecule has 1 aliphatic heterocycles. The molecule has 1 aliphatic rings. The number of aliphatic imine (C=N–C) groups is 1. The number of rotatable bonds is 11. The summed E-state index contributed by atoms with van der Waals surface area (Å²) in [6, 6.07) is 22.9. The van der Waals surface area contributed by atoms with Gasteiger partial charge < -0.3 is 10.2 Å². The maximum atomic E-state index is 5.22. The molecule has 200 valence electrons. The number of nitrogens with zero attached hydrogens (tertiary/aromatic N) is 3. The summed E-state index contributed by atoms with van der Waals surface area (Å²) >= 11 is 0. The van der Waals surface area contributed by atoms with Gasteiger partial charge in [-0.3, -0.25) is 4.99 Å². The summed E-state index contributed by atoms with van der Waals surface area (Å²) in [6.45, 7) is 19.1. The lowest BCUT2D eigenvalue weighted by atomic mass is 9.79. The van der Waals surface area contributed by atoms with E-state index in [1.54, 1.807) is 0 Å². The fourth-order valence-electron chi connectivity index (χ4n) is 5.24. The minimum atomic E-state index is 0.0475. The second kappa shape index (κ2) is 12.6. The monoisotopic (exact) mass is 516 g/mol. The Kier molecular flexibility index (Phi) is 8.98. The molecule has 39 heavy (non-hydrogen) atoms. The molecule has 2 heterocycles. The Morgan fingerprint density at radius 2 is 1.72 bits per heavy atom. The molecule has 0 saturated heterocycles. The summed E-state index contributed by atoms with van der Waals surface area (Å²) in [6.07, 6.45) is 6.68. The van der Waals surface area contributed by atoms with Crippen molar-refractivity contribution in [1.29, 1.82) is 0 Å². The molecule has 0 spiro atoms. The highest BCUT2D eigenvalue weighted by Crippen LogP contribution is 2.39. The van der Waals surface area contributed by atoms with E-state index in [1.807, 2.05) is 49.4 Å². The second-order valence-electron chi connectivity index (χ2n) is 10.5. The van der Waals surface area contributed by atoms with E-state index in [0.29, 0.717) is 0 Å². The Bertz CT molecular complexity index is 1410. The van der Waals surface area contributed by atoms with E-state index in [9.17, 15) is 0 Å². The highest BCUT2D eigenvalue weighted by atomic mass is 15.2. The molecule has 1 N–H and O–H groups in total. The lowest BCUT2D eigenvalue weighted by Gasteiger charge is -2.34. The molecule has 2 unspecified atom stereocenters. The lowest BCUT2D eigenvalue weighted by molar-refractivity contribution is 0.490. The van der Waals surface area contributed by atoms with E-state index in [0.717, 1.165) is 59.1 Å². The summed E-state index contributed by atoms with van der Waals surface area (Å²) in [5.74, 6) is 1.07. The molecule has 0 bridgehead atoms. The fourth-order valence-corrected chi connectivity index (χ4v) is 5.24. The van der Waals surface area contributed by atoms with Crippen LogP contribution in [0.5, 0.6) is 0 Å². The molecule has 0 saturated carbocycles. The van der Waals surface area contributed by atoms with Gasteiger partial charge in [-0.2, -0.15) is 0 Å². The van der Waals surface area contributed by atoms with Crippen LogP contribution in [0, 0.1) is 6.92 Å². The molecule has 0 fully saturated rings. The minimum Gasteiger partial charge on any atom is -0.346 e. The third-order valence-corrected chi connectivity index (χ3v) is 7.20. The zero-order valence-corrected chi connectivity index (χ0v) is 23.7. The number of nitrogens with one attached hydrogen (secondary N) is 1. The first kappa shape index (κ1) is 27.8. The van der Waals surface area contributed by atoms with Crippen molar-refractivity contribution < 1.29 is 0 Å². The van der Waals surface area contributed by atoms with E-state index in [4.69, 9.17) is 9.98 Å². The maximum absolute atomic E-state index is 5.22. The number of hydrogen-bond donors (Lipinski definition) is 1. The summed E-state index contributed by atoms with van der Waals surface area (Å²) in [7, 11) is 2.06. The molecule has 0 radical (unpaired) electrons. The largest absolute Gasteiger partial charge is 0.346 e. The number of aryl methyl sites for hydroxylation is 1. The number of para-hydroxylation sites is 1.